The van der Waals surface area contributed by atoms with E-state index >= 15 is 0 Å². The molecule has 4 aromatic rings. The lowest BCUT2D eigenvalue weighted by molar-refractivity contribution is 0.100. The predicted octanol–water partition coefficient (Wildman–Crippen LogP) is 4.12. The highest BCUT2D eigenvalue weighted by molar-refractivity contribution is 6.14. The molecule has 4 heteroatoms. The van der Waals surface area contributed by atoms with E-state index in [1.54, 1.807) is 6.07 Å². The normalized spacial score (nSPS) is 10.8. The molecule has 0 N–H and O–H groups in total. The SMILES string of the molecule is O=C(c1nnc(-c2ccccc2)o1)c1cccc2ccccc12. The molecule has 1 heterocycles. The zero-order valence-electron chi connectivity index (χ0n) is 12.1. The summed E-state index contributed by atoms with van der Waals surface area (Å²) in [7, 11) is 0. The molecule has 110 valence electrons. The number of aromatic nitrogens is 2. The van der Waals surface area contributed by atoms with Crippen molar-refractivity contribution in [3.8, 4) is 11.5 Å². The van der Waals surface area contributed by atoms with Gasteiger partial charge in [-0.25, -0.2) is 0 Å². The van der Waals surface area contributed by atoms with Crippen LogP contribution in [0.5, 0.6) is 0 Å². The first kappa shape index (κ1) is 13.4. The molecule has 0 saturated heterocycles. The number of rotatable bonds is 3. The fourth-order valence-corrected chi connectivity index (χ4v) is 2.55. The average Bonchev–Trinajstić information content (AvgIpc) is 3.11. The monoisotopic (exact) mass is 300 g/mol. The maximum Gasteiger partial charge on any atom is 0.289 e. The van der Waals surface area contributed by atoms with E-state index in [9.17, 15) is 4.79 Å². The highest BCUT2D eigenvalue weighted by Crippen LogP contribution is 2.23. The van der Waals surface area contributed by atoms with Crippen LogP contribution in [0.2, 0.25) is 0 Å². The predicted molar refractivity (Wildman–Crippen MR) is 87.1 cm³/mol. The lowest BCUT2D eigenvalue weighted by Gasteiger charge is -2.02. The molecule has 23 heavy (non-hydrogen) atoms. The molecule has 0 aliphatic heterocycles. The van der Waals surface area contributed by atoms with Gasteiger partial charge in [-0.1, -0.05) is 60.7 Å². The summed E-state index contributed by atoms with van der Waals surface area (Å²) in [6.07, 6.45) is 0. The third-order valence-electron chi connectivity index (χ3n) is 3.67. The molecule has 0 aliphatic rings. The first-order chi connectivity index (χ1) is 11.3. The Bertz CT molecular complexity index is 985. The van der Waals surface area contributed by atoms with Crippen molar-refractivity contribution < 1.29 is 9.21 Å². The van der Waals surface area contributed by atoms with Gasteiger partial charge in [0.1, 0.15) is 0 Å². The molecule has 0 radical (unpaired) electrons. The number of benzene rings is 3. The minimum atomic E-state index is -0.267. The third-order valence-corrected chi connectivity index (χ3v) is 3.67. The zero-order valence-corrected chi connectivity index (χ0v) is 12.1. The van der Waals surface area contributed by atoms with Crippen LogP contribution in [-0.2, 0) is 0 Å². The Morgan fingerprint density at radius 3 is 2.39 bits per heavy atom. The van der Waals surface area contributed by atoms with E-state index < -0.39 is 0 Å². The summed E-state index contributed by atoms with van der Waals surface area (Å²) in [5, 5.41) is 9.76. The average molecular weight is 300 g/mol. The Balaban J connectivity index is 1.76. The van der Waals surface area contributed by atoms with Crippen molar-refractivity contribution in [1.82, 2.24) is 10.2 Å². The quantitative estimate of drug-likeness (QED) is 0.534. The van der Waals surface area contributed by atoms with Crippen LogP contribution >= 0.6 is 0 Å². The molecule has 0 fully saturated rings. The summed E-state index contributed by atoms with van der Waals surface area (Å²) < 4.78 is 5.56. The Hall–Kier alpha value is -3.27. The van der Waals surface area contributed by atoms with Crippen molar-refractivity contribution in [3.05, 3.63) is 84.3 Å². The number of nitrogens with zero attached hydrogens (tertiary/aromatic N) is 2. The van der Waals surface area contributed by atoms with E-state index in [2.05, 4.69) is 10.2 Å². The van der Waals surface area contributed by atoms with E-state index in [4.69, 9.17) is 4.42 Å². The molecular weight excluding hydrogens is 288 g/mol. The van der Waals surface area contributed by atoms with Gasteiger partial charge in [0.25, 0.3) is 5.89 Å². The van der Waals surface area contributed by atoms with Gasteiger partial charge in [-0.15, -0.1) is 10.2 Å². The van der Waals surface area contributed by atoms with Crippen LogP contribution in [0.4, 0.5) is 0 Å². The first-order valence-electron chi connectivity index (χ1n) is 7.24. The second-order valence-electron chi connectivity index (χ2n) is 5.13. The van der Waals surface area contributed by atoms with Crippen LogP contribution in [0.25, 0.3) is 22.2 Å². The summed E-state index contributed by atoms with van der Waals surface area (Å²) >= 11 is 0. The van der Waals surface area contributed by atoms with E-state index in [0.29, 0.717) is 11.5 Å². The van der Waals surface area contributed by atoms with Crippen molar-refractivity contribution in [3.63, 3.8) is 0 Å². The standard InChI is InChI=1S/C19H12N2O2/c22-17(16-12-6-10-13-7-4-5-11-15(13)16)19-21-20-18(23-19)14-8-2-1-3-9-14/h1-12H. The van der Waals surface area contributed by atoms with Gasteiger partial charge in [-0.3, -0.25) is 4.79 Å². The lowest BCUT2D eigenvalue weighted by Crippen LogP contribution is -2.02. The Morgan fingerprint density at radius 2 is 1.52 bits per heavy atom. The molecule has 0 unspecified atom stereocenters. The van der Waals surface area contributed by atoms with E-state index in [1.807, 2.05) is 66.7 Å². The Morgan fingerprint density at radius 1 is 0.783 bits per heavy atom. The fraction of sp³-hybridized carbons (Fsp3) is 0. The summed E-state index contributed by atoms with van der Waals surface area (Å²) in [4.78, 5) is 12.7. The first-order valence-corrected chi connectivity index (χ1v) is 7.24. The van der Waals surface area contributed by atoms with Crippen LogP contribution in [0.1, 0.15) is 16.2 Å². The molecule has 0 spiro atoms. The van der Waals surface area contributed by atoms with E-state index in [1.165, 1.54) is 0 Å². The van der Waals surface area contributed by atoms with Crippen molar-refractivity contribution in [1.29, 1.82) is 0 Å². The van der Waals surface area contributed by atoms with Crippen LogP contribution in [0, 0.1) is 0 Å². The molecule has 0 atom stereocenters. The largest absolute Gasteiger partial charge is 0.413 e. The Kier molecular flexibility index (Phi) is 3.20. The van der Waals surface area contributed by atoms with Crippen LogP contribution in [-0.4, -0.2) is 16.0 Å². The third kappa shape index (κ3) is 2.40. The molecule has 0 saturated carbocycles. The van der Waals surface area contributed by atoms with Gasteiger partial charge in [0.2, 0.25) is 11.7 Å². The number of fused-ring (bicyclic) bond motifs is 1. The topological polar surface area (TPSA) is 56.0 Å². The second-order valence-corrected chi connectivity index (χ2v) is 5.13. The van der Waals surface area contributed by atoms with Crippen molar-refractivity contribution in [2.24, 2.45) is 0 Å². The second kappa shape index (κ2) is 5.50. The van der Waals surface area contributed by atoms with Gasteiger partial charge in [-0.2, -0.15) is 0 Å². The molecule has 0 aliphatic carbocycles. The number of ketones is 1. The molecule has 1 aromatic heterocycles. The van der Waals surface area contributed by atoms with Crippen molar-refractivity contribution >= 4 is 16.6 Å². The van der Waals surface area contributed by atoms with Crippen molar-refractivity contribution in [2.45, 2.75) is 0 Å². The molecule has 3 aromatic carbocycles. The lowest BCUT2D eigenvalue weighted by atomic mass is 10.0. The number of carbonyl (C=O) groups is 1. The molecular formula is C19H12N2O2. The number of hydrogen-bond donors (Lipinski definition) is 0. The number of carbonyl (C=O) groups excluding carboxylic acids is 1. The van der Waals surface area contributed by atoms with Crippen LogP contribution in [0.3, 0.4) is 0 Å². The van der Waals surface area contributed by atoms with E-state index in [0.717, 1.165) is 16.3 Å². The van der Waals surface area contributed by atoms with Gasteiger partial charge in [0, 0.05) is 11.1 Å². The summed E-state index contributed by atoms with van der Waals surface area (Å²) in [5.41, 5.74) is 1.35. The minimum absolute atomic E-state index is 0.000191. The minimum Gasteiger partial charge on any atom is -0.413 e. The van der Waals surface area contributed by atoms with E-state index in [-0.39, 0.29) is 11.7 Å². The number of hydrogen-bond acceptors (Lipinski definition) is 4. The van der Waals surface area contributed by atoms with Gasteiger partial charge in [-0.05, 0) is 22.9 Å². The summed E-state index contributed by atoms with van der Waals surface area (Å²) in [6, 6.07) is 22.7. The van der Waals surface area contributed by atoms with Gasteiger partial charge in [0.15, 0.2) is 0 Å². The maximum atomic E-state index is 12.7. The summed E-state index contributed by atoms with van der Waals surface area (Å²) in [6.45, 7) is 0. The highest BCUT2D eigenvalue weighted by atomic mass is 16.4. The molecule has 0 bridgehead atoms. The smallest absolute Gasteiger partial charge is 0.289 e. The highest BCUT2D eigenvalue weighted by Gasteiger charge is 2.19. The maximum absolute atomic E-state index is 12.7. The summed E-state index contributed by atoms with van der Waals surface area (Å²) in [5.74, 6) is 0.0749. The molecule has 4 nitrogen and oxygen atoms in total. The molecule has 0 amide bonds. The van der Waals surface area contributed by atoms with Gasteiger partial charge < -0.3 is 4.42 Å². The van der Waals surface area contributed by atoms with Crippen LogP contribution in [0.15, 0.2) is 77.2 Å². The van der Waals surface area contributed by atoms with Gasteiger partial charge >= 0.3 is 0 Å². The van der Waals surface area contributed by atoms with Crippen LogP contribution < -0.4 is 0 Å². The fourth-order valence-electron chi connectivity index (χ4n) is 2.55. The van der Waals surface area contributed by atoms with Crippen molar-refractivity contribution in [2.75, 3.05) is 0 Å². The molecule has 4 rings (SSSR count). The zero-order chi connectivity index (χ0) is 15.6. The van der Waals surface area contributed by atoms with Gasteiger partial charge in [0.05, 0.1) is 0 Å². The Labute approximate surface area is 132 Å².